The van der Waals surface area contributed by atoms with Gasteiger partial charge >= 0.3 is 0 Å². The van der Waals surface area contributed by atoms with Crippen LogP contribution in [-0.4, -0.2) is 21.8 Å². The van der Waals surface area contributed by atoms with Crippen LogP contribution in [0.25, 0.3) is 11.3 Å². The van der Waals surface area contributed by atoms with E-state index in [1.54, 1.807) is 25.1 Å². The van der Waals surface area contributed by atoms with Gasteiger partial charge in [-0.15, -0.1) is 0 Å². The quantitative estimate of drug-likeness (QED) is 0.787. The summed E-state index contributed by atoms with van der Waals surface area (Å²) in [5.74, 6) is -0.537. The molecule has 0 aliphatic carbocycles. The number of benzene rings is 1. The lowest BCUT2D eigenvalue weighted by Gasteiger charge is -2.22. The molecule has 1 atom stereocenters. The summed E-state index contributed by atoms with van der Waals surface area (Å²) in [4.78, 5) is 3.98. The molecule has 0 aliphatic heterocycles. The average Bonchev–Trinajstić information content (AvgIpc) is 2.39. The number of nitrogens with zero attached hydrogens (tertiary/aromatic N) is 1. The van der Waals surface area contributed by atoms with Gasteiger partial charge in [0.1, 0.15) is 5.82 Å². The number of hydrogen-bond acceptors (Lipinski definition) is 4. The molecule has 4 N–H and O–H groups in total. The molecule has 0 fully saturated rings. The summed E-state index contributed by atoms with van der Waals surface area (Å²) >= 11 is 0. The fourth-order valence-corrected chi connectivity index (χ4v) is 1.71. The molecule has 0 radical (unpaired) electrons. The van der Waals surface area contributed by atoms with Crippen LogP contribution in [0, 0.1) is 5.82 Å². The Labute approximate surface area is 110 Å². The van der Waals surface area contributed by atoms with Crippen molar-refractivity contribution in [1.82, 2.24) is 4.98 Å². The second-order valence-corrected chi connectivity index (χ2v) is 4.68. The Balaban J connectivity index is 2.50. The Hall–Kier alpha value is -1.98. The van der Waals surface area contributed by atoms with Gasteiger partial charge in [0, 0.05) is 11.6 Å². The summed E-state index contributed by atoms with van der Waals surface area (Å²) in [5, 5.41) is 18.9. The SMILES string of the molecule is CC(N)(CO)c1cc(O)nc(-c2ccc(F)cc2)c1. The molecule has 0 amide bonds. The molecule has 19 heavy (non-hydrogen) atoms. The lowest BCUT2D eigenvalue weighted by atomic mass is 9.93. The number of aromatic hydroxyl groups is 1. The summed E-state index contributed by atoms with van der Waals surface area (Å²) in [7, 11) is 0. The van der Waals surface area contributed by atoms with Crippen LogP contribution in [0.15, 0.2) is 36.4 Å². The third kappa shape index (κ3) is 2.89. The zero-order chi connectivity index (χ0) is 14.0. The highest BCUT2D eigenvalue weighted by molar-refractivity contribution is 5.61. The number of halogens is 1. The molecule has 1 aromatic carbocycles. The largest absolute Gasteiger partial charge is 0.493 e. The zero-order valence-corrected chi connectivity index (χ0v) is 10.5. The summed E-state index contributed by atoms with van der Waals surface area (Å²) < 4.78 is 12.9. The third-order valence-corrected chi connectivity index (χ3v) is 2.94. The summed E-state index contributed by atoms with van der Waals surface area (Å²) in [6, 6.07) is 8.83. The molecule has 5 heteroatoms. The van der Waals surface area contributed by atoms with Gasteiger partial charge in [0.25, 0.3) is 0 Å². The van der Waals surface area contributed by atoms with Crippen molar-refractivity contribution < 1.29 is 14.6 Å². The predicted octanol–water partition coefficient (Wildman–Crippen LogP) is 1.76. The van der Waals surface area contributed by atoms with E-state index in [2.05, 4.69) is 4.98 Å². The molecule has 0 saturated carbocycles. The standard InChI is InChI=1S/C14H15FN2O2/c1-14(16,8-18)10-6-12(17-13(19)7-10)9-2-4-11(15)5-3-9/h2-7,18H,8,16H2,1H3,(H,17,19). The van der Waals surface area contributed by atoms with Gasteiger partial charge < -0.3 is 15.9 Å². The molecular weight excluding hydrogens is 247 g/mol. The van der Waals surface area contributed by atoms with Crippen molar-refractivity contribution >= 4 is 0 Å². The maximum Gasteiger partial charge on any atom is 0.211 e. The second kappa shape index (κ2) is 4.95. The van der Waals surface area contributed by atoms with Gasteiger partial charge in [-0.05, 0) is 42.8 Å². The lowest BCUT2D eigenvalue weighted by molar-refractivity contribution is 0.209. The highest BCUT2D eigenvalue weighted by Gasteiger charge is 2.22. The van der Waals surface area contributed by atoms with Gasteiger partial charge in [-0.25, -0.2) is 9.37 Å². The molecule has 2 aromatic rings. The van der Waals surface area contributed by atoms with Gasteiger partial charge in [0.05, 0.1) is 17.8 Å². The topological polar surface area (TPSA) is 79.4 Å². The third-order valence-electron chi connectivity index (χ3n) is 2.94. The van der Waals surface area contributed by atoms with Crippen LogP contribution in [0.3, 0.4) is 0 Å². The van der Waals surface area contributed by atoms with Crippen molar-refractivity contribution in [2.45, 2.75) is 12.5 Å². The molecule has 0 bridgehead atoms. The molecule has 2 rings (SSSR count). The van der Waals surface area contributed by atoms with Crippen LogP contribution in [0.2, 0.25) is 0 Å². The molecular formula is C14H15FN2O2. The van der Waals surface area contributed by atoms with Crippen LogP contribution in [0.1, 0.15) is 12.5 Å². The fourth-order valence-electron chi connectivity index (χ4n) is 1.71. The minimum absolute atomic E-state index is 0.193. The maximum atomic E-state index is 12.9. The van der Waals surface area contributed by atoms with E-state index >= 15 is 0 Å². The first kappa shape index (κ1) is 13.5. The number of hydrogen-bond donors (Lipinski definition) is 3. The molecule has 0 saturated heterocycles. The number of aliphatic hydroxyl groups is 1. The van der Waals surface area contributed by atoms with Crippen molar-refractivity contribution in [2.75, 3.05) is 6.61 Å². The molecule has 1 unspecified atom stereocenters. The number of pyridine rings is 1. The first-order valence-corrected chi connectivity index (χ1v) is 5.79. The van der Waals surface area contributed by atoms with Gasteiger partial charge in [-0.1, -0.05) is 0 Å². The first-order chi connectivity index (χ1) is 8.92. The molecule has 1 aromatic heterocycles. The van der Waals surface area contributed by atoms with Gasteiger partial charge in [-0.2, -0.15) is 0 Å². The highest BCUT2D eigenvalue weighted by Crippen LogP contribution is 2.26. The van der Waals surface area contributed by atoms with Crippen LogP contribution in [0.5, 0.6) is 5.88 Å². The van der Waals surface area contributed by atoms with Crippen molar-refractivity contribution in [3.8, 4) is 17.1 Å². The Kier molecular flexibility index (Phi) is 3.50. The van der Waals surface area contributed by atoms with Gasteiger partial charge in [0.15, 0.2) is 0 Å². The van der Waals surface area contributed by atoms with Crippen LogP contribution in [-0.2, 0) is 5.54 Å². The Morgan fingerprint density at radius 3 is 2.47 bits per heavy atom. The second-order valence-electron chi connectivity index (χ2n) is 4.68. The van der Waals surface area contributed by atoms with E-state index in [0.717, 1.165) is 0 Å². The summed E-state index contributed by atoms with van der Waals surface area (Å²) in [6.07, 6.45) is 0. The van der Waals surface area contributed by atoms with Crippen LogP contribution < -0.4 is 5.73 Å². The molecule has 0 aliphatic rings. The zero-order valence-electron chi connectivity index (χ0n) is 10.5. The molecule has 0 spiro atoms. The minimum atomic E-state index is -0.977. The van der Waals surface area contributed by atoms with E-state index in [1.807, 2.05) is 0 Å². The van der Waals surface area contributed by atoms with Crippen LogP contribution in [0.4, 0.5) is 4.39 Å². The Morgan fingerprint density at radius 2 is 1.89 bits per heavy atom. The number of aliphatic hydroxyl groups excluding tert-OH is 1. The normalized spacial score (nSPS) is 14.1. The Bertz CT molecular complexity index is 582. The Morgan fingerprint density at radius 1 is 1.26 bits per heavy atom. The number of nitrogens with two attached hydrogens (primary N) is 1. The van der Waals surface area contributed by atoms with Crippen molar-refractivity contribution in [2.24, 2.45) is 5.73 Å². The summed E-state index contributed by atoms with van der Waals surface area (Å²) in [6.45, 7) is 1.38. The van der Waals surface area contributed by atoms with Gasteiger partial charge in [-0.3, -0.25) is 0 Å². The van der Waals surface area contributed by atoms with E-state index in [9.17, 15) is 14.6 Å². The van der Waals surface area contributed by atoms with E-state index in [1.165, 1.54) is 18.2 Å². The van der Waals surface area contributed by atoms with E-state index in [-0.39, 0.29) is 18.3 Å². The maximum absolute atomic E-state index is 12.9. The molecule has 1 heterocycles. The molecule has 4 nitrogen and oxygen atoms in total. The predicted molar refractivity (Wildman–Crippen MR) is 69.9 cm³/mol. The number of rotatable bonds is 3. The lowest BCUT2D eigenvalue weighted by Crippen LogP contribution is -2.37. The first-order valence-electron chi connectivity index (χ1n) is 5.79. The molecule has 100 valence electrons. The van der Waals surface area contributed by atoms with Crippen molar-refractivity contribution in [3.63, 3.8) is 0 Å². The smallest absolute Gasteiger partial charge is 0.211 e. The number of aromatic nitrogens is 1. The van der Waals surface area contributed by atoms with Gasteiger partial charge in [0.2, 0.25) is 5.88 Å². The van der Waals surface area contributed by atoms with Crippen LogP contribution >= 0.6 is 0 Å². The average molecular weight is 262 g/mol. The monoisotopic (exact) mass is 262 g/mol. The van der Waals surface area contributed by atoms with Crippen molar-refractivity contribution in [1.29, 1.82) is 0 Å². The fraction of sp³-hybridized carbons (Fsp3) is 0.214. The highest BCUT2D eigenvalue weighted by atomic mass is 19.1. The minimum Gasteiger partial charge on any atom is -0.493 e. The van der Waals surface area contributed by atoms with Crippen molar-refractivity contribution in [3.05, 3.63) is 47.8 Å². The van der Waals surface area contributed by atoms with E-state index in [0.29, 0.717) is 16.8 Å². The van der Waals surface area contributed by atoms with E-state index < -0.39 is 5.54 Å². The summed E-state index contributed by atoms with van der Waals surface area (Å²) in [5.41, 5.74) is 6.64. The van der Waals surface area contributed by atoms with E-state index in [4.69, 9.17) is 5.73 Å².